The molecule has 0 radical (unpaired) electrons. The molecule has 1 rings (SSSR count). The third-order valence-electron chi connectivity index (χ3n) is 2.39. The lowest BCUT2D eigenvalue weighted by molar-refractivity contribution is -0.139. The molecule has 0 aromatic heterocycles. The molecule has 21 heavy (non-hydrogen) atoms. The molecule has 8 heteroatoms. The molecule has 0 atom stereocenters. The minimum atomic E-state index is -0.833. The number of aromatic hydroxyl groups is 1. The number of carbonyl (C=O) groups is 2. The largest absolute Gasteiger partial charge is 0.504 e. The van der Waals surface area contributed by atoms with E-state index in [1.807, 2.05) is 29.5 Å². The van der Waals surface area contributed by atoms with Crippen LogP contribution in [-0.4, -0.2) is 36.8 Å². The van der Waals surface area contributed by atoms with Crippen molar-refractivity contribution in [2.24, 2.45) is 5.10 Å². The van der Waals surface area contributed by atoms with Gasteiger partial charge in [-0.1, -0.05) is 6.92 Å². The molecule has 0 heterocycles. The quantitative estimate of drug-likeness (QED) is 0.294. The van der Waals surface area contributed by atoms with Crippen LogP contribution >= 0.6 is 22.6 Å². The van der Waals surface area contributed by atoms with E-state index < -0.39 is 11.8 Å². The summed E-state index contributed by atoms with van der Waals surface area (Å²) in [6.45, 7) is 2.32. The number of methoxy groups -OCH3 is 1. The van der Waals surface area contributed by atoms with Crippen LogP contribution in [-0.2, 0) is 9.59 Å². The third kappa shape index (κ3) is 5.21. The van der Waals surface area contributed by atoms with Crippen molar-refractivity contribution in [1.29, 1.82) is 0 Å². The molecule has 7 nitrogen and oxygen atoms in total. The number of hydrogen-bond acceptors (Lipinski definition) is 5. The van der Waals surface area contributed by atoms with Crippen molar-refractivity contribution >= 4 is 40.6 Å². The average Bonchev–Trinajstić information content (AvgIpc) is 2.47. The number of hydrogen-bond donors (Lipinski definition) is 3. The van der Waals surface area contributed by atoms with Crippen molar-refractivity contribution in [3.63, 3.8) is 0 Å². The number of ether oxygens (including phenoxy) is 1. The first-order valence-corrected chi connectivity index (χ1v) is 7.25. The maximum Gasteiger partial charge on any atom is 0.329 e. The average molecular weight is 405 g/mol. The minimum Gasteiger partial charge on any atom is -0.504 e. The Morgan fingerprint density at radius 3 is 2.76 bits per heavy atom. The number of benzene rings is 1. The smallest absolute Gasteiger partial charge is 0.329 e. The first-order chi connectivity index (χ1) is 9.99. The van der Waals surface area contributed by atoms with E-state index in [-0.39, 0.29) is 5.75 Å². The molecule has 0 saturated carbocycles. The summed E-state index contributed by atoms with van der Waals surface area (Å²) in [5, 5.41) is 15.8. The topological polar surface area (TPSA) is 100 Å². The Morgan fingerprint density at radius 1 is 1.43 bits per heavy atom. The van der Waals surface area contributed by atoms with Crippen molar-refractivity contribution in [3.05, 3.63) is 21.3 Å². The van der Waals surface area contributed by atoms with E-state index in [0.717, 1.165) is 6.42 Å². The summed E-state index contributed by atoms with van der Waals surface area (Å²) in [6.07, 6.45) is 2.10. The van der Waals surface area contributed by atoms with E-state index in [0.29, 0.717) is 21.4 Å². The summed E-state index contributed by atoms with van der Waals surface area (Å²) >= 11 is 1.95. The highest BCUT2D eigenvalue weighted by atomic mass is 127. The number of halogens is 1. The monoisotopic (exact) mass is 405 g/mol. The van der Waals surface area contributed by atoms with Crippen molar-refractivity contribution in [2.45, 2.75) is 13.3 Å². The van der Waals surface area contributed by atoms with Gasteiger partial charge < -0.3 is 15.2 Å². The predicted molar refractivity (Wildman–Crippen MR) is 86.4 cm³/mol. The van der Waals surface area contributed by atoms with Gasteiger partial charge in [0, 0.05) is 6.54 Å². The molecular formula is C13H16IN3O4. The third-order valence-corrected chi connectivity index (χ3v) is 3.21. The summed E-state index contributed by atoms with van der Waals surface area (Å²) in [7, 11) is 1.44. The lowest BCUT2D eigenvalue weighted by atomic mass is 10.2. The highest BCUT2D eigenvalue weighted by Crippen LogP contribution is 2.31. The number of nitrogens with zero attached hydrogens (tertiary/aromatic N) is 1. The second-order valence-corrected chi connectivity index (χ2v) is 5.17. The van der Waals surface area contributed by atoms with Gasteiger partial charge in [-0.2, -0.15) is 5.10 Å². The molecule has 0 fully saturated rings. The highest BCUT2D eigenvalue weighted by Gasteiger charge is 2.11. The molecule has 2 amide bonds. The normalized spacial score (nSPS) is 10.4. The Kier molecular flexibility index (Phi) is 6.92. The first-order valence-electron chi connectivity index (χ1n) is 6.17. The molecule has 0 aliphatic carbocycles. The molecule has 114 valence electrons. The van der Waals surface area contributed by atoms with Gasteiger partial charge in [-0.3, -0.25) is 9.59 Å². The van der Waals surface area contributed by atoms with E-state index >= 15 is 0 Å². The van der Waals surface area contributed by atoms with Gasteiger partial charge in [-0.25, -0.2) is 5.43 Å². The molecule has 0 unspecified atom stereocenters. The maximum atomic E-state index is 11.4. The number of phenols is 1. The predicted octanol–water partition coefficient (Wildman–Crippen LogP) is 0.982. The SMILES string of the molecule is CCCNC(=O)C(=O)N/N=C\c1cc(I)c(O)c(OC)c1. The second kappa shape index (κ2) is 8.45. The van der Waals surface area contributed by atoms with E-state index in [1.165, 1.54) is 13.3 Å². The van der Waals surface area contributed by atoms with Crippen LogP contribution in [0.5, 0.6) is 11.5 Å². The van der Waals surface area contributed by atoms with Crippen molar-refractivity contribution in [1.82, 2.24) is 10.7 Å². The van der Waals surface area contributed by atoms with Crippen LogP contribution in [0.1, 0.15) is 18.9 Å². The van der Waals surface area contributed by atoms with E-state index in [4.69, 9.17) is 4.74 Å². The zero-order chi connectivity index (χ0) is 15.8. The summed E-state index contributed by atoms with van der Waals surface area (Å²) in [6, 6.07) is 3.22. The van der Waals surface area contributed by atoms with Crippen LogP contribution in [0.2, 0.25) is 0 Å². The van der Waals surface area contributed by atoms with E-state index in [2.05, 4.69) is 15.8 Å². The Hall–Kier alpha value is -1.84. The number of amides is 2. The first kappa shape index (κ1) is 17.2. The number of hydrazone groups is 1. The fraction of sp³-hybridized carbons (Fsp3) is 0.308. The van der Waals surface area contributed by atoms with Crippen molar-refractivity contribution in [2.75, 3.05) is 13.7 Å². The van der Waals surface area contributed by atoms with Gasteiger partial charge in [0.1, 0.15) is 0 Å². The van der Waals surface area contributed by atoms with Gasteiger partial charge in [-0.15, -0.1) is 0 Å². The second-order valence-electron chi connectivity index (χ2n) is 4.01. The lowest BCUT2D eigenvalue weighted by Gasteiger charge is -2.06. The van der Waals surface area contributed by atoms with Gasteiger partial charge in [0.05, 0.1) is 16.9 Å². The highest BCUT2D eigenvalue weighted by molar-refractivity contribution is 14.1. The Bertz CT molecular complexity index is 561. The molecule has 0 aliphatic rings. The van der Waals surface area contributed by atoms with Crippen LogP contribution in [0.15, 0.2) is 17.2 Å². The van der Waals surface area contributed by atoms with Gasteiger partial charge in [0.2, 0.25) is 0 Å². The van der Waals surface area contributed by atoms with Crippen LogP contribution in [0.4, 0.5) is 0 Å². The Labute approximate surface area is 135 Å². The van der Waals surface area contributed by atoms with Crippen LogP contribution in [0.25, 0.3) is 0 Å². The fourth-order valence-electron chi connectivity index (χ4n) is 1.36. The zero-order valence-corrected chi connectivity index (χ0v) is 13.8. The Morgan fingerprint density at radius 2 is 2.14 bits per heavy atom. The molecule has 0 bridgehead atoms. The van der Waals surface area contributed by atoms with Crippen LogP contribution in [0, 0.1) is 3.57 Å². The summed E-state index contributed by atoms with van der Waals surface area (Å²) < 4.78 is 5.59. The molecule has 1 aromatic rings. The maximum absolute atomic E-state index is 11.4. The van der Waals surface area contributed by atoms with Crippen LogP contribution < -0.4 is 15.5 Å². The Balaban J connectivity index is 2.67. The van der Waals surface area contributed by atoms with Gasteiger partial charge >= 0.3 is 11.8 Å². The lowest BCUT2D eigenvalue weighted by Crippen LogP contribution is -2.38. The molecule has 3 N–H and O–H groups in total. The molecular weight excluding hydrogens is 389 g/mol. The van der Waals surface area contributed by atoms with E-state index in [1.54, 1.807) is 12.1 Å². The number of nitrogens with one attached hydrogen (secondary N) is 2. The van der Waals surface area contributed by atoms with Crippen molar-refractivity contribution < 1.29 is 19.4 Å². The summed E-state index contributed by atoms with van der Waals surface area (Å²) in [4.78, 5) is 22.7. The van der Waals surface area contributed by atoms with Gasteiger partial charge in [-0.05, 0) is 46.7 Å². The molecule has 0 spiro atoms. The minimum absolute atomic E-state index is 0.0400. The zero-order valence-electron chi connectivity index (χ0n) is 11.6. The molecule has 0 saturated heterocycles. The number of carbonyl (C=O) groups excluding carboxylic acids is 2. The van der Waals surface area contributed by atoms with Crippen LogP contribution in [0.3, 0.4) is 0 Å². The standard InChI is InChI=1S/C13H16IN3O4/c1-3-4-15-12(19)13(20)17-16-7-8-5-9(14)11(18)10(6-8)21-2/h5-7,18H,3-4H2,1-2H3,(H,15,19)(H,17,20)/b16-7-. The molecule has 0 aliphatic heterocycles. The number of phenolic OH excluding ortho intramolecular Hbond substituents is 1. The summed E-state index contributed by atoms with van der Waals surface area (Å²) in [5.41, 5.74) is 2.74. The van der Waals surface area contributed by atoms with Gasteiger partial charge in [0.15, 0.2) is 11.5 Å². The van der Waals surface area contributed by atoms with E-state index in [9.17, 15) is 14.7 Å². The number of rotatable bonds is 5. The summed E-state index contributed by atoms with van der Waals surface area (Å²) in [5.74, 6) is -1.22. The van der Waals surface area contributed by atoms with Gasteiger partial charge in [0.25, 0.3) is 0 Å². The van der Waals surface area contributed by atoms with Crippen molar-refractivity contribution in [3.8, 4) is 11.5 Å². The fourth-order valence-corrected chi connectivity index (χ4v) is 1.98. The molecule has 1 aromatic carbocycles.